The topological polar surface area (TPSA) is 116 Å². The Balaban J connectivity index is 3.21. The van der Waals surface area contributed by atoms with Gasteiger partial charge in [0, 0.05) is 0 Å². The van der Waals surface area contributed by atoms with Crippen LogP contribution in [0.1, 0.15) is 26.5 Å². The van der Waals surface area contributed by atoms with Crippen molar-refractivity contribution in [1.82, 2.24) is 9.97 Å². The third-order valence-electron chi connectivity index (χ3n) is 2.57. The molecule has 0 saturated carbocycles. The molecule has 0 fully saturated rings. The first-order valence-electron chi connectivity index (χ1n) is 5.53. The van der Waals surface area contributed by atoms with Crippen molar-refractivity contribution in [2.75, 3.05) is 5.43 Å². The highest BCUT2D eigenvalue weighted by atomic mass is 16.6. The number of hydrogen-bond donors (Lipinski definition) is 2. The summed E-state index contributed by atoms with van der Waals surface area (Å²) in [6.45, 7) is 7.23. The van der Waals surface area contributed by atoms with Gasteiger partial charge in [0.2, 0.25) is 5.95 Å². The van der Waals surface area contributed by atoms with Crippen molar-refractivity contribution in [1.29, 1.82) is 0 Å². The van der Waals surface area contributed by atoms with E-state index >= 15 is 0 Å². The summed E-state index contributed by atoms with van der Waals surface area (Å²) in [5.74, 6) is 5.43. The SMILES string of the molecule is Cc1nc(NN)nc(OC(C)C(C)C)c1[N+](=O)[O-]. The molecule has 0 aromatic carbocycles. The van der Waals surface area contributed by atoms with Crippen molar-refractivity contribution in [2.24, 2.45) is 11.8 Å². The first kappa shape index (κ1) is 14.1. The van der Waals surface area contributed by atoms with Crippen molar-refractivity contribution in [3.8, 4) is 5.88 Å². The molecule has 3 N–H and O–H groups in total. The molecule has 0 amide bonds. The molecule has 8 heteroatoms. The van der Waals surface area contributed by atoms with Crippen molar-refractivity contribution in [3.05, 3.63) is 15.8 Å². The molecule has 0 aliphatic rings. The van der Waals surface area contributed by atoms with E-state index in [1.807, 2.05) is 20.8 Å². The zero-order valence-electron chi connectivity index (χ0n) is 10.8. The van der Waals surface area contributed by atoms with E-state index in [1.165, 1.54) is 6.92 Å². The monoisotopic (exact) mass is 255 g/mol. The summed E-state index contributed by atoms with van der Waals surface area (Å²) in [6, 6.07) is 0. The average molecular weight is 255 g/mol. The van der Waals surface area contributed by atoms with Crippen LogP contribution in [-0.2, 0) is 0 Å². The molecule has 0 spiro atoms. The van der Waals surface area contributed by atoms with Gasteiger partial charge in [-0.1, -0.05) is 13.8 Å². The lowest BCUT2D eigenvalue weighted by Crippen LogP contribution is -2.21. The lowest BCUT2D eigenvalue weighted by atomic mass is 10.1. The number of nitrogens with zero attached hydrogens (tertiary/aromatic N) is 3. The third-order valence-corrected chi connectivity index (χ3v) is 2.57. The number of nitrogen functional groups attached to an aromatic ring is 1. The molecule has 1 rings (SSSR count). The van der Waals surface area contributed by atoms with E-state index < -0.39 is 4.92 Å². The second-order valence-electron chi connectivity index (χ2n) is 4.25. The quantitative estimate of drug-likeness (QED) is 0.464. The fourth-order valence-corrected chi connectivity index (χ4v) is 1.21. The molecular formula is C10H17N5O3. The van der Waals surface area contributed by atoms with E-state index in [4.69, 9.17) is 10.6 Å². The predicted molar refractivity (Wildman–Crippen MR) is 66.2 cm³/mol. The van der Waals surface area contributed by atoms with Gasteiger partial charge in [-0.25, -0.2) is 10.8 Å². The number of nitrogens with two attached hydrogens (primary N) is 1. The number of ether oxygens (including phenoxy) is 1. The molecule has 0 bridgehead atoms. The minimum absolute atomic E-state index is 0.0679. The molecule has 0 aliphatic heterocycles. The van der Waals surface area contributed by atoms with Crippen LogP contribution in [-0.4, -0.2) is 21.0 Å². The van der Waals surface area contributed by atoms with Crippen LogP contribution in [0.5, 0.6) is 5.88 Å². The number of anilines is 1. The second-order valence-corrected chi connectivity index (χ2v) is 4.25. The van der Waals surface area contributed by atoms with Crippen molar-refractivity contribution >= 4 is 11.6 Å². The van der Waals surface area contributed by atoms with Crippen LogP contribution in [0.2, 0.25) is 0 Å². The van der Waals surface area contributed by atoms with E-state index in [-0.39, 0.29) is 35.2 Å². The van der Waals surface area contributed by atoms with E-state index in [0.717, 1.165) is 0 Å². The zero-order chi connectivity index (χ0) is 13.9. The average Bonchev–Trinajstić information content (AvgIpc) is 2.27. The summed E-state index contributed by atoms with van der Waals surface area (Å²) in [5, 5.41) is 11.0. The van der Waals surface area contributed by atoms with Gasteiger partial charge >= 0.3 is 5.69 Å². The number of nitrogens with one attached hydrogen (secondary N) is 1. The molecular weight excluding hydrogens is 238 g/mol. The Morgan fingerprint density at radius 1 is 1.39 bits per heavy atom. The normalized spacial score (nSPS) is 12.3. The lowest BCUT2D eigenvalue weighted by molar-refractivity contribution is -0.387. The van der Waals surface area contributed by atoms with Gasteiger partial charge in [-0.15, -0.1) is 0 Å². The van der Waals surface area contributed by atoms with Crippen molar-refractivity contribution in [3.63, 3.8) is 0 Å². The molecule has 1 aromatic rings. The largest absolute Gasteiger partial charge is 0.469 e. The maximum absolute atomic E-state index is 11.0. The van der Waals surface area contributed by atoms with Crippen LogP contribution in [0.25, 0.3) is 0 Å². The Hall–Kier alpha value is -1.96. The number of hydrazine groups is 1. The molecule has 1 atom stereocenters. The van der Waals surface area contributed by atoms with Gasteiger partial charge in [0.05, 0.1) is 4.92 Å². The van der Waals surface area contributed by atoms with Gasteiger partial charge < -0.3 is 4.74 Å². The van der Waals surface area contributed by atoms with Crippen LogP contribution >= 0.6 is 0 Å². The Labute approximate surface area is 105 Å². The van der Waals surface area contributed by atoms with Gasteiger partial charge in [0.15, 0.2) is 0 Å². The summed E-state index contributed by atoms with van der Waals surface area (Å²) in [5.41, 5.74) is 2.22. The van der Waals surface area contributed by atoms with Crippen LogP contribution < -0.4 is 16.0 Å². The number of nitro groups is 1. The molecule has 0 aliphatic carbocycles. The smallest absolute Gasteiger partial charge is 0.352 e. The van der Waals surface area contributed by atoms with Crippen LogP contribution in [0.3, 0.4) is 0 Å². The van der Waals surface area contributed by atoms with Crippen LogP contribution in [0, 0.1) is 23.0 Å². The van der Waals surface area contributed by atoms with Gasteiger partial charge in [-0.05, 0) is 19.8 Å². The molecule has 8 nitrogen and oxygen atoms in total. The minimum atomic E-state index is -0.558. The summed E-state index contributed by atoms with van der Waals surface area (Å²) in [6.07, 6.45) is -0.205. The predicted octanol–water partition coefficient (Wildman–Crippen LogP) is 1.40. The molecule has 1 unspecified atom stereocenters. The second kappa shape index (κ2) is 5.58. The van der Waals surface area contributed by atoms with Crippen LogP contribution in [0.4, 0.5) is 11.6 Å². The molecule has 100 valence electrons. The molecule has 0 radical (unpaired) electrons. The van der Waals surface area contributed by atoms with E-state index in [9.17, 15) is 10.1 Å². The Morgan fingerprint density at radius 3 is 2.44 bits per heavy atom. The molecule has 1 aromatic heterocycles. The summed E-state index contributed by atoms with van der Waals surface area (Å²) in [7, 11) is 0. The van der Waals surface area contributed by atoms with E-state index in [2.05, 4.69) is 15.4 Å². The Morgan fingerprint density at radius 2 is 2.00 bits per heavy atom. The first-order chi connectivity index (χ1) is 8.36. The van der Waals surface area contributed by atoms with E-state index in [1.54, 1.807) is 0 Å². The third kappa shape index (κ3) is 3.04. The zero-order valence-corrected chi connectivity index (χ0v) is 10.8. The molecule has 0 saturated heterocycles. The fraction of sp³-hybridized carbons (Fsp3) is 0.600. The Bertz CT molecular complexity index is 449. The maximum Gasteiger partial charge on any atom is 0.352 e. The maximum atomic E-state index is 11.0. The number of rotatable bonds is 5. The number of aromatic nitrogens is 2. The minimum Gasteiger partial charge on any atom is -0.469 e. The Kier molecular flexibility index (Phi) is 4.38. The highest BCUT2D eigenvalue weighted by Crippen LogP contribution is 2.29. The highest BCUT2D eigenvalue weighted by molar-refractivity contribution is 5.48. The first-order valence-corrected chi connectivity index (χ1v) is 5.53. The standard InChI is InChI=1S/C10H17N5O3/c1-5(2)7(4)18-9-8(15(16)17)6(3)12-10(13-9)14-11/h5,7H,11H2,1-4H3,(H,12,13,14). The summed E-state index contributed by atoms with van der Waals surface area (Å²) < 4.78 is 5.50. The fourth-order valence-electron chi connectivity index (χ4n) is 1.21. The lowest BCUT2D eigenvalue weighted by Gasteiger charge is -2.17. The van der Waals surface area contributed by atoms with Crippen molar-refractivity contribution < 1.29 is 9.66 Å². The summed E-state index contributed by atoms with van der Waals surface area (Å²) in [4.78, 5) is 18.2. The summed E-state index contributed by atoms with van der Waals surface area (Å²) >= 11 is 0. The number of hydrogen-bond acceptors (Lipinski definition) is 7. The van der Waals surface area contributed by atoms with Gasteiger partial charge in [-0.2, -0.15) is 4.98 Å². The molecule has 1 heterocycles. The van der Waals surface area contributed by atoms with Crippen LogP contribution in [0.15, 0.2) is 0 Å². The molecule has 18 heavy (non-hydrogen) atoms. The van der Waals surface area contributed by atoms with Gasteiger partial charge in [0.25, 0.3) is 5.88 Å². The van der Waals surface area contributed by atoms with Crippen molar-refractivity contribution in [2.45, 2.75) is 33.8 Å². The highest BCUT2D eigenvalue weighted by Gasteiger charge is 2.25. The van der Waals surface area contributed by atoms with Gasteiger partial charge in [0.1, 0.15) is 11.8 Å². The van der Waals surface area contributed by atoms with E-state index in [0.29, 0.717) is 0 Å². The number of aryl methyl sites for hydroxylation is 1. The van der Waals surface area contributed by atoms with Gasteiger partial charge in [-0.3, -0.25) is 15.5 Å².